The van der Waals surface area contributed by atoms with Crippen LogP contribution in [-0.4, -0.2) is 12.8 Å². The van der Waals surface area contributed by atoms with Crippen molar-refractivity contribution in [3.05, 3.63) is 59.4 Å². The van der Waals surface area contributed by atoms with E-state index in [1.54, 1.807) is 12.1 Å². The van der Waals surface area contributed by atoms with Gasteiger partial charge in [-0.2, -0.15) is 0 Å². The minimum Gasteiger partial charge on any atom is -0.473 e. The van der Waals surface area contributed by atoms with Gasteiger partial charge in [0.2, 0.25) is 0 Å². The molecule has 4 nitrogen and oxygen atoms in total. The summed E-state index contributed by atoms with van der Waals surface area (Å²) < 4.78 is 18.2. The molecule has 0 aliphatic rings. The van der Waals surface area contributed by atoms with Gasteiger partial charge in [0.1, 0.15) is 11.6 Å². The number of carbonyl (C=O) groups is 1. The van der Waals surface area contributed by atoms with E-state index in [2.05, 4.69) is 10.6 Å². The molecule has 2 N–H and O–H groups in total. The number of para-hydroxylation sites is 1. The minimum atomic E-state index is -0.537. The minimum absolute atomic E-state index is 0.0186. The van der Waals surface area contributed by atoms with Crippen molar-refractivity contribution in [3.8, 4) is 5.75 Å². The molecule has 0 saturated heterocycles. The second-order valence-electron chi connectivity index (χ2n) is 3.86. The van der Waals surface area contributed by atoms with Crippen LogP contribution in [0.15, 0.2) is 48.5 Å². The highest BCUT2D eigenvalue weighted by molar-refractivity contribution is 6.31. The molecule has 0 saturated carbocycles. The predicted octanol–water partition coefficient (Wildman–Crippen LogP) is 3.64. The first-order chi connectivity index (χ1) is 9.65. The first-order valence-electron chi connectivity index (χ1n) is 5.83. The van der Waals surface area contributed by atoms with Crippen molar-refractivity contribution in [1.82, 2.24) is 5.32 Å². The number of hydrogen-bond donors (Lipinski definition) is 2. The highest BCUT2D eigenvalue weighted by atomic mass is 35.5. The van der Waals surface area contributed by atoms with E-state index in [1.807, 2.05) is 18.2 Å². The highest BCUT2D eigenvalue weighted by Gasteiger charge is 2.04. The zero-order valence-corrected chi connectivity index (χ0v) is 11.2. The molecule has 2 rings (SSSR count). The van der Waals surface area contributed by atoms with Gasteiger partial charge in [-0.15, -0.1) is 0 Å². The number of nitrogens with one attached hydrogen (secondary N) is 2. The summed E-state index contributed by atoms with van der Waals surface area (Å²) in [6, 6.07) is 12.5. The van der Waals surface area contributed by atoms with Crippen molar-refractivity contribution in [2.75, 3.05) is 12.0 Å². The lowest BCUT2D eigenvalue weighted by molar-refractivity contribution is 0.234. The Kier molecular flexibility index (Phi) is 4.79. The fraction of sp³-hybridized carbons (Fsp3) is 0.0714. The van der Waals surface area contributed by atoms with Gasteiger partial charge >= 0.3 is 6.03 Å². The van der Waals surface area contributed by atoms with Gasteiger partial charge in [0.25, 0.3) is 0 Å². The van der Waals surface area contributed by atoms with Crippen LogP contribution in [0.25, 0.3) is 0 Å². The summed E-state index contributed by atoms with van der Waals surface area (Å²) in [5.41, 5.74) is 0.397. The van der Waals surface area contributed by atoms with Crippen molar-refractivity contribution in [2.24, 2.45) is 0 Å². The van der Waals surface area contributed by atoms with Crippen molar-refractivity contribution in [1.29, 1.82) is 0 Å². The SMILES string of the molecule is O=C(NCOc1ccccc1)Nc1ccc(F)c(Cl)c1. The highest BCUT2D eigenvalue weighted by Crippen LogP contribution is 2.19. The maximum Gasteiger partial charge on any atom is 0.321 e. The summed E-state index contributed by atoms with van der Waals surface area (Å²) in [5, 5.41) is 4.97. The van der Waals surface area contributed by atoms with Crippen molar-refractivity contribution < 1.29 is 13.9 Å². The van der Waals surface area contributed by atoms with Crippen LogP contribution in [-0.2, 0) is 0 Å². The maximum atomic E-state index is 12.9. The zero-order chi connectivity index (χ0) is 14.4. The number of amides is 2. The third-order valence-electron chi connectivity index (χ3n) is 2.39. The van der Waals surface area contributed by atoms with Crippen LogP contribution in [0.1, 0.15) is 0 Å². The molecule has 0 atom stereocenters. The lowest BCUT2D eigenvalue weighted by Crippen LogP contribution is -2.32. The van der Waals surface area contributed by atoms with Crippen LogP contribution >= 0.6 is 11.6 Å². The van der Waals surface area contributed by atoms with E-state index in [4.69, 9.17) is 16.3 Å². The van der Waals surface area contributed by atoms with E-state index in [-0.39, 0.29) is 11.8 Å². The van der Waals surface area contributed by atoms with Crippen LogP contribution in [0, 0.1) is 5.82 Å². The number of benzene rings is 2. The predicted molar refractivity (Wildman–Crippen MR) is 75.5 cm³/mol. The van der Waals surface area contributed by atoms with E-state index < -0.39 is 11.8 Å². The first-order valence-corrected chi connectivity index (χ1v) is 6.21. The second-order valence-corrected chi connectivity index (χ2v) is 4.27. The molecule has 2 aromatic rings. The molecule has 0 unspecified atom stereocenters. The van der Waals surface area contributed by atoms with Crippen LogP contribution in [0.2, 0.25) is 5.02 Å². The molecule has 0 aromatic heterocycles. The van der Waals surface area contributed by atoms with E-state index >= 15 is 0 Å². The third kappa shape index (κ3) is 4.13. The Morgan fingerprint density at radius 3 is 2.65 bits per heavy atom. The summed E-state index contributed by atoms with van der Waals surface area (Å²) in [6.45, 7) is 0.0186. The summed E-state index contributed by atoms with van der Waals surface area (Å²) >= 11 is 5.61. The second kappa shape index (κ2) is 6.77. The van der Waals surface area contributed by atoms with Gasteiger partial charge in [-0.05, 0) is 30.3 Å². The molecule has 0 aliphatic heterocycles. The van der Waals surface area contributed by atoms with Crippen molar-refractivity contribution in [2.45, 2.75) is 0 Å². The van der Waals surface area contributed by atoms with Gasteiger partial charge in [0, 0.05) is 5.69 Å². The van der Waals surface area contributed by atoms with E-state index in [0.29, 0.717) is 11.4 Å². The number of urea groups is 1. The Morgan fingerprint density at radius 2 is 1.95 bits per heavy atom. The maximum absolute atomic E-state index is 12.9. The van der Waals surface area contributed by atoms with Gasteiger partial charge in [-0.25, -0.2) is 9.18 Å². The summed E-state index contributed by atoms with van der Waals surface area (Å²) in [7, 11) is 0. The molecule has 2 amide bonds. The Morgan fingerprint density at radius 1 is 1.20 bits per heavy atom. The Labute approximate surface area is 120 Å². The van der Waals surface area contributed by atoms with Crippen LogP contribution in [0.3, 0.4) is 0 Å². The lowest BCUT2D eigenvalue weighted by atomic mass is 10.3. The topological polar surface area (TPSA) is 50.4 Å². The van der Waals surface area contributed by atoms with Crippen molar-refractivity contribution >= 4 is 23.3 Å². The number of ether oxygens (including phenoxy) is 1. The number of rotatable bonds is 4. The van der Waals surface area contributed by atoms with E-state index in [9.17, 15) is 9.18 Å². The van der Waals surface area contributed by atoms with Crippen LogP contribution in [0.5, 0.6) is 5.75 Å². The smallest absolute Gasteiger partial charge is 0.321 e. The average Bonchev–Trinajstić information content (AvgIpc) is 2.44. The summed E-state index contributed by atoms with van der Waals surface area (Å²) in [4.78, 5) is 11.6. The van der Waals surface area contributed by atoms with Gasteiger partial charge < -0.3 is 15.4 Å². The van der Waals surface area contributed by atoms with Crippen LogP contribution < -0.4 is 15.4 Å². The summed E-state index contributed by atoms with van der Waals surface area (Å²) in [5.74, 6) is 0.114. The number of carbonyl (C=O) groups excluding carboxylic acids is 1. The molecular formula is C14H12ClFN2O2. The number of anilines is 1. The fourth-order valence-electron chi connectivity index (χ4n) is 1.45. The summed E-state index contributed by atoms with van der Waals surface area (Å²) in [6.07, 6.45) is 0. The standard InChI is InChI=1S/C14H12ClFN2O2/c15-12-8-10(6-7-13(12)16)18-14(19)17-9-20-11-4-2-1-3-5-11/h1-8H,9H2,(H2,17,18,19). The molecule has 0 heterocycles. The molecule has 0 spiro atoms. The fourth-order valence-corrected chi connectivity index (χ4v) is 1.63. The first kappa shape index (κ1) is 14.1. The molecule has 0 aliphatic carbocycles. The number of halogens is 2. The quantitative estimate of drug-likeness (QED) is 0.846. The molecule has 6 heteroatoms. The molecule has 104 valence electrons. The van der Waals surface area contributed by atoms with Gasteiger partial charge in [0.05, 0.1) is 5.02 Å². The van der Waals surface area contributed by atoms with Gasteiger partial charge in [-0.3, -0.25) is 0 Å². The lowest BCUT2D eigenvalue weighted by Gasteiger charge is -2.09. The monoisotopic (exact) mass is 294 g/mol. The molecule has 0 fully saturated rings. The molecule has 0 bridgehead atoms. The molecular weight excluding hydrogens is 283 g/mol. The Bertz CT molecular complexity index is 593. The van der Waals surface area contributed by atoms with Crippen LogP contribution in [0.4, 0.5) is 14.9 Å². The third-order valence-corrected chi connectivity index (χ3v) is 2.68. The average molecular weight is 295 g/mol. The van der Waals surface area contributed by atoms with Crippen molar-refractivity contribution in [3.63, 3.8) is 0 Å². The normalized spacial score (nSPS) is 9.90. The Balaban J connectivity index is 1.79. The van der Waals surface area contributed by atoms with E-state index in [0.717, 1.165) is 0 Å². The Hall–Kier alpha value is -2.27. The van der Waals surface area contributed by atoms with Gasteiger partial charge in [-0.1, -0.05) is 29.8 Å². The van der Waals surface area contributed by atoms with Gasteiger partial charge in [0.15, 0.2) is 6.73 Å². The molecule has 0 radical (unpaired) electrons. The number of hydrogen-bond acceptors (Lipinski definition) is 2. The zero-order valence-electron chi connectivity index (χ0n) is 10.4. The molecule has 2 aromatic carbocycles. The largest absolute Gasteiger partial charge is 0.473 e. The van der Waals surface area contributed by atoms with E-state index in [1.165, 1.54) is 18.2 Å². The molecule has 20 heavy (non-hydrogen) atoms.